The number of hydrogen-bond acceptors (Lipinski definition) is 2. The molecule has 48 valence electrons. The van der Waals surface area contributed by atoms with Crippen LogP contribution in [-0.2, 0) is 4.74 Å². The number of aliphatic hydroxyl groups is 1. The molecule has 2 heteroatoms. The summed E-state index contributed by atoms with van der Waals surface area (Å²) in [5.41, 5.74) is 0. The molecule has 1 unspecified atom stereocenters. The summed E-state index contributed by atoms with van der Waals surface area (Å²) in [5, 5.41) is 8.95. The minimum absolute atomic E-state index is 0.250. The van der Waals surface area contributed by atoms with Gasteiger partial charge in [0.25, 0.3) is 0 Å². The van der Waals surface area contributed by atoms with Crippen molar-refractivity contribution in [1.82, 2.24) is 0 Å². The van der Waals surface area contributed by atoms with E-state index >= 15 is 0 Å². The summed E-state index contributed by atoms with van der Waals surface area (Å²) in [6.07, 6.45) is 0.728. The monoisotopic (exact) mass is 116 g/mol. The first-order valence-electron chi connectivity index (χ1n) is 3.03. The maximum absolute atomic E-state index is 8.95. The van der Waals surface area contributed by atoms with Gasteiger partial charge in [-0.15, -0.1) is 0 Å². The van der Waals surface area contributed by atoms with Crippen LogP contribution in [0.25, 0.3) is 0 Å². The third-order valence-corrected chi connectivity index (χ3v) is 1.56. The molecule has 0 aliphatic carbocycles. The fourth-order valence-corrected chi connectivity index (χ4v) is 1.07. The Morgan fingerprint density at radius 2 is 2.12 bits per heavy atom. The molecule has 3 atom stereocenters. The molecule has 0 aromatic heterocycles. The van der Waals surface area contributed by atoms with Crippen LogP contribution in [0.15, 0.2) is 0 Å². The quantitative estimate of drug-likeness (QED) is 0.506. The van der Waals surface area contributed by atoms with Crippen molar-refractivity contribution >= 4 is 0 Å². The zero-order valence-corrected chi connectivity index (χ0v) is 5.29. The summed E-state index contributed by atoms with van der Waals surface area (Å²) in [6.45, 7) is 3.97. The van der Waals surface area contributed by atoms with E-state index in [4.69, 9.17) is 9.84 Å². The Bertz CT molecular complexity index is 72.6. The van der Waals surface area contributed by atoms with Crippen LogP contribution in [0.3, 0.4) is 0 Å². The zero-order valence-electron chi connectivity index (χ0n) is 5.29. The standard InChI is InChI=1S/C6H12O2/c1-4-3-5(2)8-6(4)7/h4-7H,3H2,1-2H3/t4-,5-,6?/m1/s1. The van der Waals surface area contributed by atoms with Crippen molar-refractivity contribution in [3.8, 4) is 0 Å². The van der Waals surface area contributed by atoms with Gasteiger partial charge in [-0.05, 0) is 13.3 Å². The molecule has 1 N–H and O–H groups in total. The van der Waals surface area contributed by atoms with Gasteiger partial charge in [0.15, 0.2) is 6.29 Å². The Morgan fingerprint density at radius 3 is 2.25 bits per heavy atom. The molecule has 2 nitrogen and oxygen atoms in total. The lowest BCUT2D eigenvalue weighted by Crippen LogP contribution is -2.11. The Kier molecular flexibility index (Phi) is 1.54. The summed E-state index contributed by atoms with van der Waals surface area (Å²) < 4.78 is 5.03. The van der Waals surface area contributed by atoms with Gasteiger partial charge in [-0.3, -0.25) is 0 Å². The first-order chi connectivity index (χ1) is 3.70. The molecule has 0 bridgehead atoms. The summed E-state index contributed by atoms with van der Waals surface area (Å²) >= 11 is 0. The molecule has 1 heterocycles. The van der Waals surface area contributed by atoms with Crippen LogP contribution >= 0.6 is 0 Å². The largest absolute Gasteiger partial charge is 0.368 e. The van der Waals surface area contributed by atoms with Crippen LogP contribution in [-0.4, -0.2) is 17.5 Å². The fourth-order valence-electron chi connectivity index (χ4n) is 1.07. The average Bonchev–Trinajstić information content (AvgIpc) is 1.85. The number of hydrogen-bond donors (Lipinski definition) is 1. The predicted molar refractivity (Wildman–Crippen MR) is 30.3 cm³/mol. The first-order valence-corrected chi connectivity index (χ1v) is 3.03. The fraction of sp³-hybridized carbons (Fsp3) is 1.00. The minimum atomic E-state index is -0.509. The molecule has 0 spiro atoms. The van der Waals surface area contributed by atoms with Crippen LogP contribution < -0.4 is 0 Å². The van der Waals surface area contributed by atoms with Gasteiger partial charge >= 0.3 is 0 Å². The van der Waals surface area contributed by atoms with Crippen molar-refractivity contribution in [2.45, 2.75) is 32.7 Å². The zero-order chi connectivity index (χ0) is 6.15. The second-order valence-electron chi connectivity index (χ2n) is 2.55. The second kappa shape index (κ2) is 2.03. The minimum Gasteiger partial charge on any atom is -0.368 e. The van der Waals surface area contributed by atoms with E-state index in [2.05, 4.69) is 0 Å². The SMILES string of the molecule is C[C@@H]1C[C@@H](C)C(O)O1. The van der Waals surface area contributed by atoms with Crippen LogP contribution in [0, 0.1) is 5.92 Å². The topological polar surface area (TPSA) is 29.5 Å². The summed E-state index contributed by atoms with van der Waals surface area (Å²) in [6, 6.07) is 0. The lowest BCUT2D eigenvalue weighted by molar-refractivity contribution is -0.101. The highest BCUT2D eigenvalue weighted by Crippen LogP contribution is 2.23. The van der Waals surface area contributed by atoms with E-state index in [0.29, 0.717) is 5.92 Å². The predicted octanol–water partition coefficient (Wildman–Crippen LogP) is 0.750. The molecule has 0 radical (unpaired) electrons. The molecule has 1 fully saturated rings. The summed E-state index contributed by atoms with van der Waals surface area (Å²) in [5.74, 6) is 0.324. The third kappa shape index (κ3) is 1.01. The number of aliphatic hydroxyl groups excluding tert-OH is 1. The normalized spacial score (nSPS) is 47.6. The molecular weight excluding hydrogens is 104 g/mol. The highest BCUT2D eigenvalue weighted by atomic mass is 16.6. The van der Waals surface area contributed by atoms with Gasteiger partial charge in [0.05, 0.1) is 6.10 Å². The summed E-state index contributed by atoms with van der Waals surface area (Å²) in [7, 11) is 0. The maximum Gasteiger partial charge on any atom is 0.157 e. The van der Waals surface area contributed by atoms with Gasteiger partial charge in [0.2, 0.25) is 0 Å². The van der Waals surface area contributed by atoms with Crippen LogP contribution in [0.5, 0.6) is 0 Å². The third-order valence-electron chi connectivity index (χ3n) is 1.56. The van der Waals surface area contributed by atoms with E-state index in [0.717, 1.165) is 6.42 Å². The molecule has 1 aliphatic heterocycles. The second-order valence-corrected chi connectivity index (χ2v) is 2.55. The number of ether oxygens (including phenoxy) is 1. The average molecular weight is 116 g/mol. The Balaban J connectivity index is 2.39. The van der Waals surface area contributed by atoms with Gasteiger partial charge < -0.3 is 9.84 Å². The van der Waals surface area contributed by atoms with E-state index < -0.39 is 6.29 Å². The Labute approximate surface area is 49.5 Å². The van der Waals surface area contributed by atoms with Gasteiger partial charge in [-0.25, -0.2) is 0 Å². The van der Waals surface area contributed by atoms with Crippen molar-refractivity contribution in [3.05, 3.63) is 0 Å². The smallest absolute Gasteiger partial charge is 0.157 e. The summed E-state index contributed by atoms with van der Waals surface area (Å²) in [4.78, 5) is 0. The lowest BCUT2D eigenvalue weighted by atomic mass is 10.1. The van der Waals surface area contributed by atoms with Crippen molar-refractivity contribution in [1.29, 1.82) is 0 Å². The highest BCUT2D eigenvalue weighted by molar-refractivity contribution is 4.68. The van der Waals surface area contributed by atoms with Crippen LogP contribution in [0.1, 0.15) is 20.3 Å². The highest BCUT2D eigenvalue weighted by Gasteiger charge is 2.26. The van der Waals surface area contributed by atoms with Crippen LogP contribution in [0.2, 0.25) is 0 Å². The maximum atomic E-state index is 8.95. The van der Waals surface area contributed by atoms with E-state index in [1.54, 1.807) is 0 Å². The molecule has 0 aromatic rings. The van der Waals surface area contributed by atoms with E-state index in [1.807, 2.05) is 13.8 Å². The molecule has 1 saturated heterocycles. The molecule has 0 amide bonds. The van der Waals surface area contributed by atoms with E-state index in [9.17, 15) is 0 Å². The molecule has 8 heavy (non-hydrogen) atoms. The molecule has 1 aliphatic rings. The molecule has 0 saturated carbocycles. The molecule has 0 aromatic carbocycles. The molecular formula is C6H12O2. The van der Waals surface area contributed by atoms with Crippen molar-refractivity contribution in [2.75, 3.05) is 0 Å². The first kappa shape index (κ1) is 6.05. The Morgan fingerprint density at radius 1 is 1.50 bits per heavy atom. The van der Waals surface area contributed by atoms with Gasteiger partial charge in [0.1, 0.15) is 0 Å². The number of rotatable bonds is 0. The van der Waals surface area contributed by atoms with Crippen molar-refractivity contribution in [2.24, 2.45) is 5.92 Å². The lowest BCUT2D eigenvalue weighted by Gasteiger charge is -2.04. The van der Waals surface area contributed by atoms with Gasteiger partial charge in [-0.2, -0.15) is 0 Å². The van der Waals surface area contributed by atoms with Crippen molar-refractivity contribution in [3.63, 3.8) is 0 Å². The van der Waals surface area contributed by atoms with E-state index in [1.165, 1.54) is 0 Å². The van der Waals surface area contributed by atoms with Crippen molar-refractivity contribution < 1.29 is 9.84 Å². The van der Waals surface area contributed by atoms with Crippen LogP contribution in [0.4, 0.5) is 0 Å². The Hall–Kier alpha value is -0.0800. The van der Waals surface area contributed by atoms with Gasteiger partial charge in [-0.1, -0.05) is 6.92 Å². The van der Waals surface area contributed by atoms with E-state index in [-0.39, 0.29) is 6.10 Å². The molecule has 1 rings (SSSR count). The van der Waals surface area contributed by atoms with Gasteiger partial charge in [0, 0.05) is 5.92 Å².